The van der Waals surface area contributed by atoms with Gasteiger partial charge in [-0.15, -0.1) is 0 Å². The number of morpholine rings is 1. The van der Waals surface area contributed by atoms with Crippen LogP contribution >= 0.6 is 0 Å². The van der Waals surface area contributed by atoms with Crippen LogP contribution in [0.5, 0.6) is 6.01 Å². The SMILES string of the molecule is C=C(F)C(=O)N1CCN(c2nc(OCCCN3CCOCC3)nc3c2CCN(c2cccc4cccc(C)c24)C3)C[C@@H]1C. The van der Waals surface area contributed by atoms with E-state index in [2.05, 4.69) is 64.6 Å². The van der Waals surface area contributed by atoms with Crippen molar-refractivity contribution in [2.45, 2.75) is 39.3 Å². The molecule has 0 aliphatic carbocycles. The highest BCUT2D eigenvalue weighted by atomic mass is 19.1. The van der Waals surface area contributed by atoms with E-state index in [0.29, 0.717) is 38.8 Å². The topological polar surface area (TPSA) is 74.3 Å². The molecule has 10 heteroatoms. The molecule has 0 saturated carbocycles. The van der Waals surface area contributed by atoms with Gasteiger partial charge in [0.15, 0.2) is 5.83 Å². The van der Waals surface area contributed by atoms with Crippen LogP contribution in [0.2, 0.25) is 0 Å². The zero-order valence-corrected chi connectivity index (χ0v) is 25.2. The monoisotopic (exact) mass is 588 g/mol. The number of carbonyl (C=O) groups is 1. The average molecular weight is 589 g/mol. The Kier molecular flexibility index (Phi) is 8.76. The Hall–Kier alpha value is -3.76. The fourth-order valence-corrected chi connectivity index (χ4v) is 6.57. The maximum Gasteiger partial charge on any atom is 0.318 e. The molecule has 9 nitrogen and oxygen atoms in total. The van der Waals surface area contributed by atoms with E-state index < -0.39 is 11.7 Å². The molecule has 2 saturated heterocycles. The molecule has 1 amide bonds. The van der Waals surface area contributed by atoms with Gasteiger partial charge >= 0.3 is 6.01 Å². The van der Waals surface area contributed by atoms with Crippen LogP contribution in [-0.4, -0.2) is 97.4 Å². The number of rotatable bonds is 8. The Bertz CT molecular complexity index is 1490. The number of aryl methyl sites for hydroxylation is 1. The molecule has 1 aromatic heterocycles. The van der Waals surface area contributed by atoms with Crippen LogP contribution in [-0.2, 0) is 22.5 Å². The third kappa shape index (κ3) is 6.31. The fourth-order valence-electron chi connectivity index (χ4n) is 6.57. The maximum atomic E-state index is 13.7. The van der Waals surface area contributed by atoms with Gasteiger partial charge in [0, 0.05) is 68.5 Å². The number of fused-ring (bicyclic) bond motifs is 2. The molecule has 2 fully saturated rings. The molecular weight excluding hydrogens is 547 g/mol. The van der Waals surface area contributed by atoms with Crippen molar-refractivity contribution < 1.29 is 18.7 Å². The van der Waals surface area contributed by atoms with E-state index in [4.69, 9.17) is 19.4 Å². The number of ether oxygens (including phenoxy) is 2. The number of hydrogen-bond acceptors (Lipinski definition) is 8. The predicted molar refractivity (Wildman–Crippen MR) is 166 cm³/mol. The molecule has 0 unspecified atom stereocenters. The number of piperazine rings is 1. The van der Waals surface area contributed by atoms with Crippen molar-refractivity contribution in [2.75, 3.05) is 75.4 Å². The largest absolute Gasteiger partial charge is 0.463 e. The molecular formula is C33H41FN6O3. The molecule has 0 N–H and O–H groups in total. The van der Waals surface area contributed by atoms with Crippen LogP contribution in [0.4, 0.5) is 15.9 Å². The maximum absolute atomic E-state index is 13.7. The summed E-state index contributed by atoms with van der Waals surface area (Å²) in [7, 11) is 0. The highest BCUT2D eigenvalue weighted by Crippen LogP contribution is 2.35. The summed E-state index contributed by atoms with van der Waals surface area (Å²) in [6.45, 7) is 15.2. The van der Waals surface area contributed by atoms with Gasteiger partial charge in [-0.1, -0.05) is 36.9 Å². The first-order chi connectivity index (χ1) is 20.9. The highest BCUT2D eigenvalue weighted by Gasteiger charge is 2.33. The zero-order chi connectivity index (χ0) is 29.9. The zero-order valence-electron chi connectivity index (χ0n) is 25.2. The minimum absolute atomic E-state index is 0.184. The molecule has 2 aromatic carbocycles. The van der Waals surface area contributed by atoms with Crippen molar-refractivity contribution in [3.63, 3.8) is 0 Å². The minimum atomic E-state index is -0.920. The summed E-state index contributed by atoms with van der Waals surface area (Å²) in [5.74, 6) is -0.696. The van der Waals surface area contributed by atoms with E-state index in [9.17, 15) is 9.18 Å². The third-order valence-electron chi connectivity index (χ3n) is 8.83. The van der Waals surface area contributed by atoms with Crippen LogP contribution in [0.15, 0.2) is 48.8 Å². The van der Waals surface area contributed by atoms with Gasteiger partial charge in [0.2, 0.25) is 0 Å². The number of anilines is 2. The van der Waals surface area contributed by atoms with Gasteiger partial charge in [-0.05, 0) is 43.7 Å². The van der Waals surface area contributed by atoms with Gasteiger partial charge in [0.25, 0.3) is 5.91 Å². The lowest BCUT2D eigenvalue weighted by Gasteiger charge is -2.41. The molecule has 1 atom stereocenters. The minimum Gasteiger partial charge on any atom is -0.463 e. The molecule has 43 heavy (non-hydrogen) atoms. The van der Waals surface area contributed by atoms with Crippen LogP contribution in [0, 0.1) is 6.92 Å². The Labute approximate surface area is 252 Å². The third-order valence-corrected chi connectivity index (χ3v) is 8.83. The summed E-state index contributed by atoms with van der Waals surface area (Å²) < 4.78 is 25.3. The van der Waals surface area contributed by atoms with Crippen molar-refractivity contribution in [1.29, 1.82) is 0 Å². The van der Waals surface area contributed by atoms with Crippen LogP contribution in [0.25, 0.3) is 10.8 Å². The van der Waals surface area contributed by atoms with Crippen molar-refractivity contribution in [1.82, 2.24) is 19.8 Å². The van der Waals surface area contributed by atoms with Crippen LogP contribution in [0.3, 0.4) is 0 Å². The summed E-state index contributed by atoms with van der Waals surface area (Å²) in [6, 6.07) is 13.1. The Morgan fingerprint density at radius 2 is 1.86 bits per heavy atom. The van der Waals surface area contributed by atoms with Gasteiger partial charge in [-0.25, -0.2) is 4.39 Å². The Morgan fingerprint density at radius 1 is 1.07 bits per heavy atom. The number of amides is 1. The van der Waals surface area contributed by atoms with Gasteiger partial charge < -0.3 is 24.2 Å². The molecule has 0 radical (unpaired) electrons. The summed E-state index contributed by atoms with van der Waals surface area (Å²) in [6.07, 6.45) is 1.67. The number of aromatic nitrogens is 2. The number of halogens is 1. The van der Waals surface area contributed by atoms with Crippen molar-refractivity contribution in [3.8, 4) is 6.01 Å². The van der Waals surface area contributed by atoms with Crippen LogP contribution in [0.1, 0.15) is 30.2 Å². The first-order valence-electron chi connectivity index (χ1n) is 15.4. The summed E-state index contributed by atoms with van der Waals surface area (Å²) in [5, 5.41) is 2.50. The first kappa shape index (κ1) is 29.3. The quantitative estimate of drug-likeness (QED) is 0.288. The number of carbonyl (C=O) groups excluding carboxylic acids is 1. The van der Waals surface area contributed by atoms with E-state index in [1.165, 1.54) is 22.0 Å². The molecule has 0 spiro atoms. The molecule has 228 valence electrons. The summed E-state index contributed by atoms with van der Waals surface area (Å²) in [5.41, 5.74) is 4.55. The van der Waals surface area contributed by atoms with E-state index in [0.717, 1.165) is 69.3 Å². The second kappa shape index (κ2) is 12.9. The Morgan fingerprint density at radius 3 is 2.63 bits per heavy atom. The second-order valence-corrected chi connectivity index (χ2v) is 11.7. The number of nitrogens with zero attached hydrogens (tertiary/aromatic N) is 6. The van der Waals surface area contributed by atoms with Gasteiger partial charge in [-0.3, -0.25) is 9.69 Å². The number of benzene rings is 2. The van der Waals surface area contributed by atoms with E-state index in [1.54, 1.807) is 4.90 Å². The van der Waals surface area contributed by atoms with Gasteiger partial charge in [-0.2, -0.15) is 9.97 Å². The second-order valence-electron chi connectivity index (χ2n) is 11.7. The van der Waals surface area contributed by atoms with Gasteiger partial charge in [0.1, 0.15) is 5.82 Å². The van der Waals surface area contributed by atoms with Crippen molar-refractivity contribution in [3.05, 3.63) is 65.6 Å². The summed E-state index contributed by atoms with van der Waals surface area (Å²) in [4.78, 5) is 30.8. The lowest BCUT2D eigenvalue weighted by Crippen LogP contribution is -2.54. The van der Waals surface area contributed by atoms with Crippen molar-refractivity contribution in [2.24, 2.45) is 0 Å². The van der Waals surface area contributed by atoms with Gasteiger partial charge in [0.05, 0.1) is 32.1 Å². The predicted octanol–water partition coefficient (Wildman–Crippen LogP) is 4.12. The molecule has 0 bridgehead atoms. The lowest BCUT2D eigenvalue weighted by atomic mass is 9.99. The van der Waals surface area contributed by atoms with E-state index in [-0.39, 0.29) is 6.04 Å². The molecule has 3 aliphatic heterocycles. The van der Waals surface area contributed by atoms with Crippen LogP contribution < -0.4 is 14.5 Å². The molecule has 3 aromatic rings. The smallest absolute Gasteiger partial charge is 0.318 e. The Balaban J connectivity index is 1.26. The standard InChI is InChI=1S/C33H41FN6O3/c1-23-7-4-8-26-9-5-10-29(30(23)26)38-13-11-27-28(22-38)35-33(43-18-6-12-37-16-19-42-20-17-37)36-31(27)39-14-15-40(24(2)21-39)32(41)25(3)34/h4-5,7-10,24H,3,6,11-22H2,1-2H3/t24-/m0/s1. The molecule has 4 heterocycles. The average Bonchev–Trinajstić information content (AvgIpc) is 3.02. The lowest BCUT2D eigenvalue weighted by molar-refractivity contribution is -0.131. The fraction of sp³-hybridized carbons (Fsp3) is 0.485. The van der Waals surface area contributed by atoms with E-state index >= 15 is 0 Å². The normalized spacial score (nSPS) is 19.4. The van der Waals surface area contributed by atoms with Crippen molar-refractivity contribution >= 4 is 28.2 Å². The number of hydrogen-bond donors (Lipinski definition) is 0. The molecule has 6 rings (SSSR count). The highest BCUT2D eigenvalue weighted by molar-refractivity contribution is 5.97. The summed E-state index contributed by atoms with van der Waals surface area (Å²) >= 11 is 0. The van der Waals surface area contributed by atoms with E-state index in [1.807, 2.05) is 6.92 Å². The first-order valence-corrected chi connectivity index (χ1v) is 15.4. The molecule has 3 aliphatic rings.